The van der Waals surface area contributed by atoms with Crippen molar-refractivity contribution in [3.05, 3.63) is 50.9 Å². The third-order valence-corrected chi connectivity index (χ3v) is 5.93. The minimum absolute atomic E-state index is 0.0591. The van der Waals surface area contributed by atoms with Gasteiger partial charge in [-0.1, -0.05) is 23.7 Å². The molecule has 2 heterocycles. The molecular weight excluding hydrogens is 384 g/mol. The SMILES string of the molecule is C/C(N)=[N+]1/C(=N)C(CC(=O)O)N=C(c2ccc(Cl)cc2)c2c1sc(C)c2C. The van der Waals surface area contributed by atoms with E-state index >= 15 is 0 Å². The molecule has 4 N–H and O–H groups in total. The van der Waals surface area contributed by atoms with E-state index in [0.29, 0.717) is 16.6 Å². The fourth-order valence-corrected chi connectivity index (χ4v) is 4.43. The van der Waals surface area contributed by atoms with Crippen LogP contribution in [0.3, 0.4) is 0 Å². The molecule has 1 aromatic heterocycles. The molecule has 0 amide bonds. The molecule has 1 aliphatic heterocycles. The molecule has 1 atom stereocenters. The Morgan fingerprint density at radius 3 is 2.56 bits per heavy atom. The Kier molecular flexibility index (Phi) is 5.17. The summed E-state index contributed by atoms with van der Waals surface area (Å²) in [6.45, 7) is 5.71. The first-order valence-electron chi connectivity index (χ1n) is 8.34. The number of carboxylic acids is 1. The molecule has 3 rings (SSSR count). The highest BCUT2D eigenvalue weighted by Gasteiger charge is 2.35. The van der Waals surface area contributed by atoms with E-state index in [1.54, 1.807) is 23.6 Å². The number of rotatable bonds is 3. The molecule has 6 nitrogen and oxygen atoms in total. The molecule has 0 bridgehead atoms. The van der Waals surface area contributed by atoms with Crippen LogP contribution in [0.2, 0.25) is 5.02 Å². The zero-order valence-electron chi connectivity index (χ0n) is 15.2. The normalized spacial score (nSPS) is 18.6. The van der Waals surface area contributed by atoms with Gasteiger partial charge < -0.3 is 10.8 Å². The van der Waals surface area contributed by atoms with Gasteiger partial charge in [-0.15, -0.1) is 11.3 Å². The number of halogens is 1. The number of aliphatic imine (C=N–C) groups is 1. The van der Waals surface area contributed by atoms with E-state index in [1.165, 1.54) is 11.3 Å². The minimum atomic E-state index is -1.02. The van der Waals surface area contributed by atoms with Gasteiger partial charge in [0.1, 0.15) is 6.04 Å². The summed E-state index contributed by atoms with van der Waals surface area (Å²) in [5.41, 5.74) is 9.48. The molecule has 1 aliphatic rings. The van der Waals surface area contributed by atoms with Crippen molar-refractivity contribution in [3.8, 4) is 0 Å². The van der Waals surface area contributed by atoms with Crippen LogP contribution in [0.25, 0.3) is 0 Å². The number of nitrogens with one attached hydrogen (secondary N) is 1. The van der Waals surface area contributed by atoms with Crippen LogP contribution in [0, 0.1) is 19.3 Å². The fraction of sp³-hybridized carbons (Fsp3) is 0.263. The Balaban J connectivity index is 2.35. The number of aryl methyl sites for hydroxylation is 1. The molecule has 2 aromatic rings. The second-order valence-corrected chi connectivity index (χ2v) is 8.06. The van der Waals surface area contributed by atoms with Crippen molar-refractivity contribution in [2.75, 3.05) is 0 Å². The lowest BCUT2D eigenvalue weighted by molar-refractivity contribution is -0.309. The maximum atomic E-state index is 11.4. The fourth-order valence-electron chi connectivity index (χ4n) is 3.07. The maximum Gasteiger partial charge on any atom is 0.306 e. The summed E-state index contributed by atoms with van der Waals surface area (Å²) in [5.74, 6) is -0.550. The van der Waals surface area contributed by atoms with Crippen molar-refractivity contribution in [2.45, 2.75) is 33.2 Å². The number of hydrogen-bond acceptors (Lipinski definition) is 4. The van der Waals surface area contributed by atoms with Crippen LogP contribution in [0.4, 0.5) is 5.00 Å². The smallest absolute Gasteiger partial charge is 0.306 e. The third-order valence-electron chi connectivity index (χ3n) is 4.49. The summed E-state index contributed by atoms with van der Waals surface area (Å²) < 4.78 is 1.61. The number of amidine groups is 2. The van der Waals surface area contributed by atoms with Crippen LogP contribution in [0.1, 0.15) is 34.9 Å². The quantitative estimate of drug-likeness (QED) is 0.537. The second-order valence-electron chi connectivity index (χ2n) is 6.42. The molecule has 27 heavy (non-hydrogen) atoms. The molecule has 0 saturated carbocycles. The number of hydrogen-bond donors (Lipinski definition) is 3. The van der Waals surface area contributed by atoms with E-state index in [-0.39, 0.29) is 12.3 Å². The molecule has 0 saturated heterocycles. The Morgan fingerprint density at radius 2 is 2.00 bits per heavy atom. The predicted octanol–water partition coefficient (Wildman–Crippen LogP) is 3.71. The predicted molar refractivity (Wildman–Crippen MR) is 109 cm³/mol. The van der Waals surface area contributed by atoms with Gasteiger partial charge >= 0.3 is 5.97 Å². The lowest BCUT2D eigenvalue weighted by Crippen LogP contribution is -2.34. The number of carbonyl (C=O) groups is 1. The van der Waals surface area contributed by atoms with Crippen LogP contribution in [-0.4, -0.2) is 39.1 Å². The number of carboxylic acid groups (broad SMARTS) is 1. The van der Waals surface area contributed by atoms with Crippen LogP contribution in [0.5, 0.6) is 0 Å². The van der Waals surface area contributed by atoms with Crippen molar-refractivity contribution in [2.24, 2.45) is 10.7 Å². The topological polar surface area (TPSA) is 103 Å². The van der Waals surface area contributed by atoms with Crippen LogP contribution in [0.15, 0.2) is 29.3 Å². The number of aliphatic carboxylic acids is 1. The van der Waals surface area contributed by atoms with E-state index < -0.39 is 12.0 Å². The first kappa shape index (κ1) is 19.3. The lowest BCUT2D eigenvalue weighted by atomic mass is 10.00. The Morgan fingerprint density at radius 1 is 1.37 bits per heavy atom. The Labute approximate surface area is 166 Å². The van der Waals surface area contributed by atoms with E-state index in [9.17, 15) is 9.90 Å². The first-order valence-corrected chi connectivity index (χ1v) is 9.53. The van der Waals surface area contributed by atoms with Gasteiger partial charge in [0.15, 0.2) is 10.8 Å². The Hall–Kier alpha value is -2.51. The summed E-state index contributed by atoms with van der Waals surface area (Å²) in [6.07, 6.45) is -0.285. The molecule has 0 aliphatic carbocycles. The van der Waals surface area contributed by atoms with Gasteiger partial charge in [-0.05, 0) is 31.5 Å². The second kappa shape index (κ2) is 7.25. The van der Waals surface area contributed by atoms with Gasteiger partial charge in [0, 0.05) is 22.4 Å². The summed E-state index contributed by atoms with van der Waals surface area (Å²) in [7, 11) is 0. The average Bonchev–Trinajstić information content (AvgIpc) is 2.80. The van der Waals surface area contributed by atoms with Gasteiger partial charge in [0.05, 0.1) is 17.7 Å². The van der Waals surface area contributed by atoms with Gasteiger partial charge in [0.25, 0.3) is 5.84 Å². The Bertz CT molecular complexity index is 1000. The minimum Gasteiger partial charge on any atom is -0.481 e. The van der Waals surface area contributed by atoms with Gasteiger partial charge in [0.2, 0.25) is 0 Å². The first-order chi connectivity index (χ1) is 12.7. The van der Waals surface area contributed by atoms with E-state index in [2.05, 4.69) is 0 Å². The highest BCUT2D eigenvalue weighted by Crippen LogP contribution is 2.39. The highest BCUT2D eigenvalue weighted by atomic mass is 35.5. The van der Waals surface area contributed by atoms with Crippen molar-refractivity contribution >= 4 is 51.3 Å². The van der Waals surface area contributed by atoms with Crippen molar-refractivity contribution in [1.82, 2.24) is 0 Å². The van der Waals surface area contributed by atoms with Gasteiger partial charge in [-0.2, -0.15) is 9.98 Å². The molecular formula is C19H20ClN4O2S+. The van der Waals surface area contributed by atoms with Gasteiger partial charge in [-0.3, -0.25) is 9.79 Å². The zero-order valence-corrected chi connectivity index (χ0v) is 16.8. The molecule has 8 heteroatoms. The molecule has 0 radical (unpaired) electrons. The van der Waals surface area contributed by atoms with Gasteiger partial charge in [-0.25, -0.2) is 0 Å². The van der Waals surface area contributed by atoms with Crippen LogP contribution in [-0.2, 0) is 4.79 Å². The number of thiophene rings is 1. The summed E-state index contributed by atoms with van der Waals surface area (Å²) in [4.78, 5) is 17.2. The standard InChI is InChI=1S/C19H19ClN4O2S/c1-9-10(2)27-19-16(9)17(12-4-6-13(20)7-5-12)23-14(8-15(25)26)18(22)24(19)11(3)21/h4-7,14,21-22H,8H2,1-3H3,(H,25,26)/p+1. The summed E-state index contributed by atoms with van der Waals surface area (Å²) in [5, 5.41) is 19.3. The van der Waals surface area contributed by atoms with E-state index in [1.807, 2.05) is 26.0 Å². The number of benzene rings is 1. The number of nitrogens with zero attached hydrogens (tertiary/aromatic N) is 2. The molecule has 1 unspecified atom stereocenters. The molecule has 140 valence electrons. The van der Waals surface area contributed by atoms with Crippen molar-refractivity contribution in [3.63, 3.8) is 0 Å². The molecule has 1 aromatic carbocycles. The number of nitrogens with two attached hydrogens (primary N) is 1. The summed E-state index contributed by atoms with van der Waals surface area (Å²) in [6, 6.07) is 6.41. The van der Waals surface area contributed by atoms with E-state index in [0.717, 1.165) is 26.6 Å². The molecule has 0 fully saturated rings. The maximum absolute atomic E-state index is 11.4. The van der Waals surface area contributed by atoms with Crippen LogP contribution >= 0.6 is 22.9 Å². The lowest BCUT2D eigenvalue weighted by Gasteiger charge is -2.11. The molecule has 0 spiro atoms. The third kappa shape index (κ3) is 3.52. The van der Waals surface area contributed by atoms with Crippen LogP contribution < -0.4 is 5.73 Å². The average molecular weight is 404 g/mol. The largest absolute Gasteiger partial charge is 0.481 e. The monoisotopic (exact) mass is 403 g/mol. The van der Waals surface area contributed by atoms with Crippen molar-refractivity contribution < 1.29 is 14.5 Å². The zero-order chi connectivity index (χ0) is 19.9. The van der Waals surface area contributed by atoms with E-state index in [4.69, 9.17) is 27.7 Å². The van der Waals surface area contributed by atoms with Crippen molar-refractivity contribution in [1.29, 1.82) is 5.41 Å². The number of fused-ring (bicyclic) bond motifs is 1. The highest BCUT2D eigenvalue weighted by molar-refractivity contribution is 7.16. The summed E-state index contributed by atoms with van der Waals surface area (Å²) >= 11 is 7.55.